The molecule has 3 nitrogen and oxygen atoms in total. The average Bonchev–Trinajstić information content (AvgIpc) is 2.51. The van der Waals surface area contributed by atoms with E-state index in [9.17, 15) is 5.11 Å². The van der Waals surface area contributed by atoms with Crippen LogP contribution >= 0.6 is 15.9 Å². The molecule has 0 amide bonds. The Morgan fingerprint density at radius 2 is 2.29 bits per heavy atom. The summed E-state index contributed by atoms with van der Waals surface area (Å²) in [6, 6.07) is 5.75. The lowest BCUT2D eigenvalue weighted by atomic mass is 10.2. The first kappa shape index (κ1) is 9.80. The van der Waals surface area contributed by atoms with Gasteiger partial charge in [0.15, 0.2) is 0 Å². The third-order valence-electron chi connectivity index (χ3n) is 2.48. The summed E-state index contributed by atoms with van der Waals surface area (Å²) >= 11 is 3.47. The standard InChI is InChI=1S/C10H13BrN2O/c11-9-5-7(12)1-2-10(9)13-4-3-8(14)6-13/h1-2,5,8,14H,3-4,6,12H2. The fourth-order valence-electron chi connectivity index (χ4n) is 1.74. The van der Waals surface area contributed by atoms with E-state index in [4.69, 9.17) is 5.73 Å². The maximum atomic E-state index is 9.42. The maximum Gasteiger partial charge on any atom is 0.0731 e. The molecule has 3 N–H and O–H groups in total. The van der Waals surface area contributed by atoms with Gasteiger partial charge < -0.3 is 15.7 Å². The zero-order valence-corrected chi connectivity index (χ0v) is 9.37. The van der Waals surface area contributed by atoms with Crippen molar-refractivity contribution >= 4 is 27.3 Å². The predicted octanol–water partition coefficient (Wildman–Crippen LogP) is 1.60. The fourth-order valence-corrected chi connectivity index (χ4v) is 2.39. The summed E-state index contributed by atoms with van der Waals surface area (Å²) in [6.45, 7) is 1.62. The van der Waals surface area contributed by atoms with E-state index in [1.807, 2.05) is 18.2 Å². The number of hydrogen-bond acceptors (Lipinski definition) is 3. The highest BCUT2D eigenvalue weighted by molar-refractivity contribution is 9.10. The molecule has 1 aliphatic rings. The van der Waals surface area contributed by atoms with Crippen LogP contribution in [0.2, 0.25) is 0 Å². The number of hydrogen-bond donors (Lipinski definition) is 2. The third-order valence-corrected chi connectivity index (χ3v) is 3.11. The SMILES string of the molecule is Nc1ccc(N2CCC(O)C2)c(Br)c1. The van der Waals surface area contributed by atoms with Gasteiger partial charge in [0.05, 0.1) is 11.8 Å². The molecule has 1 unspecified atom stereocenters. The molecule has 0 spiro atoms. The smallest absolute Gasteiger partial charge is 0.0731 e. The number of aliphatic hydroxyl groups excluding tert-OH is 1. The fraction of sp³-hybridized carbons (Fsp3) is 0.400. The molecule has 1 aromatic carbocycles. The number of rotatable bonds is 1. The molecule has 14 heavy (non-hydrogen) atoms. The van der Waals surface area contributed by atoms with E-state index in [1.54, 1.807) is 0 Å². The van der Waals surface area contributed by atoms with E-state index in [1.165, 1.54) is 0 Å². The molecule has 1 fully saturated rings. The molecule has 0 saturated carbocycles. The molecule has 1 heterocycles. The predicted molar refractivity (Wildman–Crippen MR) is 61.4 cm³/mol. The van der Waals surface area contributed by atoms with Crippen LogP contribution in [-0.2, 0) is 0 Å². The summed E-state index contributed by atoms with van der Waals surface area (Å²) in [5.41, 5.74) is 7.51. The first-order valence-corrected chi connectivity index (χ1v) is 5.44. The van der Waals surface area contributed by atoms with Crippen LogP contribution in [0.5, 0.6) is 0 Å². The Bertz CT molecular complexity index is 343. The first-order chi connectivity index (χ1) is 6.66. The first-order valence-electron chi connectivity index (χ1n) is 4.65. The van der Waals surface area contributed by atoms with E-state index < -0.39 is 0 Å². The molecule has 1 aromatic rings. The molecule has 76 valence electrons. The van der Waals surface area contributed by atoms with Gasteiger partial charge in [-0.2, -0.15) is 0 Å². The summed E-state index contributed by atoms with van der Waals surface area (Å²) in [6.07, 6.45) is 0.649. The van der Waals surface area contributed by atoms with E-state index in [2.05, 4.69) is 20.8 Å². The quantitative estimate of drug-likeness (QED) is 0.751. The van der Waals surface area contributed by atoms with Crippen molar-refractivity contribution in [2.24, 2.45) is 0 Å². The summed E-state index contributed by atoms with van der Waals surface area (Å²) < 4.78 is 0.992. The van der Waals surface area contributed by atoms with Gasteiger partial charge in [0, 0.05) is 23.2 Å². The lowest BCUT2D eigenvalue weighted by Gasteiger charge is -2.19. The van der Waals surface area contributed by atoms with Crippen molar-refractivity contribution in [3.05, 3.63) is 22.7 Å². The van der Waals surface area contributed by atoms with Crippen molar-refractivity contribution in [1.82, 2.24) is 0 Å². The van der Waals surface area contributed by atoms with Gasteiger partial charge in [0.2, 0.25) is 0 Å². The number of β-amino-alcohol motifs (C(OH)–C–C–N with tert-alkyl or cyclic N) is 1. The van der Waals surface area contributed by atoms with Gasteiger partial charge in [-0.25, -0.2) is 0 Å². The number of nitrogen functional groups attached to an aromatic ring is 1. The second-order valence-electron chi connectivity index (χ2n) is 3.60. The molecular formula is C10H13BrN2O. The van der Waals surface area contributed by atoms with Crippen molar-refractivity contribution < 1.29 is 5.11 Å². The Morgan fingerprint density at radius 1 is 1.50 bits per heavy atom. The number of benzene rings is 1. The van der Waals surface area contributed by atoms with Crippen molar-refractivity contribution in [3.63, 3.8) is 0 Å². The normalized spacial score (nSPS) is 21.6. The number of nitrogens with zero attached hydrogens (tertiary/aromatic N) is 1. The molecule has 0 radical (unpaired) electrons. The molecule has 1 saturated heterocycles. The number of nitrogens with two attached hydrogens (primary N) is 1. The van der Waals surface area contributed by atoms with Crippen LogP contribution < -0.4 is 10.6 Å². The minimum absolute atomic E-state index is 0.195. The van der Waals surface area contributed by atoms with E-state index in [0.717, 1.165) is 28.8 Å². The topological polar surface area (TPSA) is 49.5 Å². The molecular weight excluding hydrogens is 244 g/mol. The molecule has 4 heteroatoms. The highest BCUT2D eigenvalue weighted by Gasteiger charge is 2.21. The summed E-state index contributed by atoms with van der Waals surface area (Å²) in [4.78, 5) is 2.16. The van der Waals surface area contributed by atoms with Gasteiger partial charge in [-0.1, -0.05) is 0 Å². The van der Waals surface area contributed by atoms with E-state index in [0.29, 0.717) is 6.54 Å². The summed E-state index contributed by atoms with van der Waals surface area (Å²) in [7, 11) is 0. The van der Waals surface area contributed by atoms with E-state index >= 15 is 0 Å². The largest absolute Gasteiger partial charge is 0.399 e. The third kappa shape index (κ3) is 1.86. The molecule has 1 atom stereocenters. The zero-order valence-electron chi connectivity index (χ0n) is 7.78. The minimum Gasteiger partial charge on any atom is -0.399 e. The second-order valence-corrected chi connectivity index (χ2v) is 4.45. The summed E-state index contributed by atoms with van der Waals surface area (Å²) in [5.74, 6) is 0. The Labute approximate surface area is 91.6 Å². The Kier molecular flexibility index (Phi) is 2.65. The van der Waals surface area contributed by atoms with Crippen LogP contribution in [0.4, 0.5) is 11.4 Å². The Balaban J connectivity index is 2.24. The zero-order chi connectivity index (χ0) is 10.1. The van der Waals surface area contributed by atoms with Crippen molar-refractivity contribution in [1.29, 1.82) is 0 Å². The molecule has 0 aliphatic carbocycles. The van der Waals surface area contributed by atoms with Crippen molar-refractivity contribution in [2.45, 2.75) is 12.5 Å². The van der Waals surface area contributed by atoms with Crippen LogP contribution in [-0.4, -0.2) is 24.3 Å². The van der Waals surface area contributed by atoms with Crippen molar-refractivity contribution in [3.8, 4) is 0 Å². The van der Waals surface area contributed by atoms with Gasteiger partial charge >= 0.3 is 0 Å². The monoisotopic (exact) mass is 256 g/mol. The van der Waals surface area contributed by atoms with Crippen molar-refractivity contribution in [2.75, 3.05) is 23.7 Å². The Morgan fingerprint density at radius 3 is 2.86 bits per heavy atom. The highest BCUT2D eigenvalue weighted by atomic mass is 79.9. The van der Waals surface area contributed by atoms with Gasteiger partial charge in [-0.15, -0.1) is 0 Å². The average molecular weight is 257 g/mol. The van der Waals surface area contributed by atoms with Crippen LogP contribution in [0.15, 0.2) is 22.7 Å². The maximum absolute atomic E-state index is 9.42. The number of anilines is 2. The second kappa shape index (κ2) is 3.79. The number of aliphatic hydroxyl groups is 1. The summed E-state index contributed by atoms with van der Waals surface area (Å²) in [5, 5.41) is 9.42. The van der Waals surface area contributed by atoms with Crippen LogP contribution in [0.3, 0.4) is 0 Å². The van der Waals surface area contributed by atoms with Crippen LogP contribution in [0.1, 0.15) is 6.42 Å². The van der Waals surface area contributed by atoms with Gasteiger partial charge in [-0.3, -0.25) is 0 Å². The lowest BCUT2D eigenvalue weighted by Crippen LogP contribution is -2.21. The minimum atomic E-state index is -0.195. The highest BCUT2D eigenvalue weighted by Crippen LogP contribution is 2.30. The molecule has 0 bridgehead atoms. The molecule has 1 aliphatic heterocycles. The molecule has 2 rings (SSSR count). The van der Waals surface area contributed by atoms with E-state index in [-0.39, 0.29) is 6.10 Å². The van der Waals surface area contributed by atoms with Gasteiger partial charge in [-0.05, 0) is 40.5 Å². The van der Waals surface area contributed by atoms with Crippen LogP contribution in [0.25, 0.3) is 0 Å². The van der Waals surface area contributed by atoms with Gasteiger partial charge in [0.1, 0.15) is 0 Å². The lowest BCUT2D eigenvalue weighted by molar-refractivity contribution is 0.198. The molecule has 0 aromatic heterocycles. The van der Waals surface area contributed by atoms with Crippen LogP contribution in [0, 0.1) is 0 Å². The number of halogens is 1. The van der Waals surface area contributed by atoms with Gasteiger partial charge in [0.25, 0.3) is 0 Å². The Hall–Kier alpha value is -0.740.